The fraction of sp³-hybridized carbons (Fsp3) is 0.857. The van der Waals surface area contributed by atoms with E-state index >= 15 is 0 Å². The van der Waals surface area contributed by atoms with Crippen LogP contribution in [0.2, 0.25) is 0 Å². The Morgan fingerprint density at radius 3 is 2.23 bits per heavy atom. The number of nitrogens with zero attached hydrogens (tertiary/aromatic N) is 1. The highest BCUT2D eigenvalue weighted by Gasteiger charge is 2.48. The van der Waals surface area contributed by atoms with E-state index in [1.54, 1.807) is 0 Å². The monoisotopic (exact) mass is 196 g/mol. The third kappa shape index (κ3) is 2.12. The van der Waals surface area contributed by atoms with E-state index in [0.717, 1.165) is 4.90 Å². The Morgan fingerprint density at radius 2 is 2.00 bits per heavy atom. The molecule has 0 aromatic rings. The van der Waals surface area contributed by atoms with Gasteiger partial charge in [0.1, 0.15) is 0 Å². The normalized spacial score (nSPS) is 29.5. The third-order valence-electron chi connectivity index (χ3n) is 2.23. The zero-order valence-corrected chi connectivity index (χ0v) is 7.14. The van der Waals surface area contributed by atoms with Crippen LogP contribution in [0.3, 0.4) is 0 Å². The van der Waals surface area contributed by atoms with Gasteiger partial charge in [-0.3, -0.25) is 4.79 Å². The second-order valence-corrected chi connectivity index (χ2v) is 3.24. The molecule has 0 saturated carbocycles. The lowest BCUT2D eigenvalue weighted by atomic mass is 10.1. The Morgan fingerprint density at radius 1 is 1.46 bits per heavy atom. The Labute approximate surface area is 73.7 Å². The summed E-state index contributed by atoms with van der Waals surface area (Å²) in [6.07, 6.45) is -4.30. The molecule has 1 saturated heterocycles. The summed E-state index contributed by atoms with van der Waals surface area (Å²) in [4.78, 5) is 11.9. The SMILES string of the molecule is CC(=O)N1C[C@H](N)[C@@H](C(F)(F)F)C1. The van der Waals surface area contributed by atoms with Crippen molar-refractivity contribution in [1.82, 2.24) is 4.90 Å². The number of hydrogen-bond donors (Lipinski definition) is 1. The number of halogens is 3. The lowest BCUT2D eigenvalue weighted by Crippen LogP contribution is -2.38. The van der Waals surface area contributed by atoms with E-state index in [-0.39, 0.29) is 19.0 Å². The second-order valence-electron chi connectivity index (χ2n) is 3.24. The first kappa shape index (κ1) is 10.3. The Kier molecular flexibility index (Phi) is 2.51. The molecule has 0 unspecified atom stereocenters. The Balaban J connectivity index is 2.67. The van der Waals surface area contributed by atoms with Crippen LogP contribution in [0.25, 0.3) is 0 Å². The van der Waals surface area contributed by atoms with Gasteiger partial charge in [0.05, 0.1) is 5.92 Å². The zero-order chi connectivity index (χ0) is 10.2. The predicted octanol–water partition coefficient (Wildman–Crippen LogP) is 0.354. The van der Waals surface area contributed by atoms with E-state index in [0.29, 0.717) is 0 Å². The van der Waals surface area contributed by atoms with Crippen molar-refractivity contribution < 1.29 is 18.0 Å². The van der Waals surface area contributed by atoms with Crippen LogP contribution in [0.15, 0.2) is 0 Å². The van der Waals surface area contributed by atoms with E-state index in [4.69, 9.17) is 5.73 Å². The number of hydrogen-bond acceptors (Lipinski definition) is 2. The molecule has 1 heterocycles. The molecule has 0 aliphatic carbocycles. The van der Waals surface area contributed by atoms with Crippen molar-refractivity contribution in [3.8, 4) is 0 Å². The molecule has 1 rings (SSSR count). The summed E-state index contributed by atoms with van der Waals surface area (Å²) in [5.41, 5.74) is 5.28. The van der Waals surface area contributed by atoms with Gasteiger partial charge in [-0.2, -0.15) is 13.2 Å². The number of carbonyl (C=O) groups excluding carboxylic acids is 1. The van der Waals surface area contributed by atoms with Crippen molar-refractivity contribution in [2.45, 2.75) is 19.1 Å². The summed E-state index contributed by atoms with van der Waals surface area (Å²) in [7, 11) is 0. The van der Waals surface area contributed by atoms with Crippen LogP contribution in [0, 0.1) is 5.92 Å². The maximum absolute atomic E-state index is 12.2. The van der Waals surface area contributed by atoms with Crippen LogP contribution in [0.5, 0.6) is 0 Å². The summed E-state index contributed by atoms with van der Waals surface area (Å²) >= 11 is 0. The molecule has 0 aromatic heterocycles. The molecule has 0 aromatic carbocycles. The highest BCUT2D eigenvalue weighted by molar-refractivity contribution is 5.73. The average Bonchev–Trinajstić information content (AvgIpc) is 2.29. The van der Waals surface area contributed by atoms with Crippen LogP contribution < -0.4 is 5.73 Å². The molecular weight excluding hydrogens is 185 g/mol. The molecule has 3 nitrogen and oxygen atoms in total. The van der Waals surface area contributed by atoms with Crippen LogP contribution in [0.4, 0.5) is 13.2 Å². The van der Waals surface area contributed by atoms with E-state index in [2.05, 4.69) is 0 Å². The fourth-order valence-electron chi connectivity index (χ4n) is 1.43. The summed E-state index contributed by atoms with van der Waals surface area (Å²) in [6, 6.07) is -0.983. The van der Waals surface area contributed by atoms with Gasteiger partial charge in [0.25, 0.3) is 0 Å². The molecule has 0 radical (unpaired) electrons. The molecule has 2 N–H and O–H groups in total. The summed E-state index contributed by atoms with van der Waals surface area (Å²) in [6.45, 7) is 0.936. The zero-order valence-electron chi connectivity index (χ0n) is 7.14. The van der Waals surface area contributed by atoms with E-state index in [1.165, 1.54) is 6.92 Å². The van der Waals surface area contributed by atoms with E-state index in [9.17, 15) is 18.0 Å². The first-order valence-corrected chi connectivity index (χ1v) is 3.90. The largest absolute Gasteiger partial charge is 0.395 e. The molecule has 76 valence electrons. The molecule has 1 aliphatic rings. The Hall–Kier alpha value is -0.780. The molecule has 2 atom stereocenters. The minimum absolute atomic E-state index is 0.000486. The molecule has 1 aliphatic heterocycles. The van der Waals surface area contributed by atoms with Crippen LogP contribution in [-0.2, 0) is 4.79 Å². The maximum atomic E-state index is 12.2. The second kappa shape index (κ2) is 3.17. The van der Waals surface area contributed by atoms with Crippen LogP contribution in [0.1, 0.15) is 6.92 Å². The first-order chi connectivity index (χ1) is 5.82. The number of rotatable bonds is 0. The van der Waals surface area contributed by atoms with Gasteiger partial charge in [-0.15, -0.1) is 0 Å². The number of nitrogens with two attached hydrogens (primary N) is 1. The van der Waals surface area contributed by atoms with Crippen molar-refractivity contribution in [1.29, 1.82) is 0 Å². The van der Waals surface area contributed by atoms with Gasteiger partial charge >= 0.3 is 6.18 Å². The molecule has 0 bridgehead atoms. The summed E-state index contributed by atoms with van der Waals surface area (Å²) < 4.78 is 36.7. The van der Waals surface area contributed by atoms with Gasteiger partial charge in [0.2, 0.25) is 5.91 Å². The van der Waals surface area contributed by atoms with Gasteiger partial charge < -0.3 is 10.6 Å². The first-order valence-electron chi connectivity index (χ1n) is 3.90. The van der Waals surface area contributed by atoms with Crippen molar-refractivity contribution >= 4 is 5.91 Å². The number of alkyl halides is 3. The number of likely N-dealkylation sites (tertiary alicyclic amines) is 1. The van der Waals surface area contributed by atoms with Gasteiger partial charge in [-0.05, 0) is 0 Å². The minimum atomic E-state index is -4.30. The minimum Gasteiger partial charge on any atom is -0.341 e. The molecular formula is C7H11F3N2O. The highest BCUT2D eigenvalue weighted by atomic mass is 19.4. The van der Waals surface area contributed by atoms with Crippen molar-refractivity contribution in [2.75, 3.05) is 13.1 Å². The fourth-order valence-corrected chi connectivity index (χ4v) is 1.43. The van der Waals surface area contributed by atoms with Gasteiger partial charge in [-0.25, -0.2) is 0 Å². The summed E-state index contributed by atoms with van der Waals surface area (Å²) in [5.74, 6) is -1.93. The van der Waals surface area contributed by atoms with Crippen LogP contribution in [-0.4, -0.2) is 36.1 Å². The van der Waals surface area contributed by atoms with Crippen molar-refractivity contribution in [3.05, 3.63) is 0 Å². The van der Waals surface area contributed by atoms with Gasteiger partial charge in [0, 0.05) is 26.1 Å². The predicted molar refractivity (Wildman–Crippen MR) is 39.8 cm³/mol. The smallest absolute Gasteiger partial charge is 0.341 e. The standard InChI is InChI=1S/C7H11F3N2O/c1-4(13)12-2-5(6(11)3-12)7(8,9)10/h5-6H,2-3,11H2,1H3/t5-,6-/m0/s1. The van der Waals surface area contributed by atoms with Gasteiger partial charge in [0.15, 0.2) is 0 Å². The molecule has 6 heteroatoms. The van der Waals surface area contributed by atoms with E-state index < -0.39 is 18.1 Å². The quantitative estimate of drug-likeness (QED) is 0.607. The van der Waals surface area contributed by atoms with Crippen LogP contribution >= 0.6 is 0 Å². The molecule has 1 amide bonds. The topological polar surface area (TPSA) is 46.3 Å². The highest BCUT2D eigenvalue weighted by Crippen LogP contribution is 2.32. The third-order valence-corrected chi connectivity index (χ3v) is 2.23. The molecule has 1 fully saturated rings. The number of amides is 1. The van der Waals surface area contributed by atoms with Crippen molar-refractivity contribution in [2.24, 2.45) is 11.7 Å². The lowest BCUT2D eigenvalue weighted by Gasteiger charge is -2.17. The lowest BCUT2D eigenvalue weighted by molar-refractivity contribution is -0.173. The number of carbonyl (C=O) groups is 1. The Bertz CT molecular complexity index is 216. The summed E-state index contributed by atoms with van der Waals surface area (Å²) in [5, 5.41) is 0. The van der Waals surface area contributed by atoms with E-state index in [1.807, 2.05) is 0 Å². The van der Waals surface area contributed by atoms with Crippen molar-refractivity contribution in [3.63, 3.8) is 0 Å². The molecule has 13 heavy (non-hydrogen) atoms. The maximum Gasteiger partial charge on any atom is 0.395 e. The average molecular weight is 196 g/mol. The van der Waals surface area contributed by atoms with Gasteiger partial charge in [-0.1, -0.05) is 0 Å². The molecule has 0 spiro atoms.